The number of aromatic nitrogens is 1. The third kappa shape index (κ3) is 3.10. The van der Waals surface area contributed by atoms with E-state index in [1.54, 1.807) is 7.05 Å². The lowest BCUT2D eigenvalue weighted by atomic mass is 10.1. The number of carbonyl (C=O) groups is 1. The number of nitrogens with one attached hydrogen (secondary N) is 1. The van der Waals surface area contributed by atoms with Gasteiger partial charge in [-0.25, -0.2) is 9.18 Å². The average Bonchev–Trinajstić information content (AvgIpc) is 2.85. The summed E-state index contributed by atoms with van der Waals surface area (Å²) in [5.41, 5.74) is 0.0511. The highest BCUT2D eigenvalue weighted by atomic mass is 19.4. The van der Waals surface area contributed by atoms with Gasteiger partial charge in [-0.05, 0) is 36.4 Å². The summed E-state index contributed by atoms with van der Waals surface area (Å²) in [4.78, 5) is 12.2. The molecular weight excluding hydrogens is 352 g/mol. The smallest absolute Gasteiger partial charge is 0.416 e. The van der Waals surface area contributed by atoms with E-state index in [1.165, 1.54) is 42.0 Å². The van der Waals surface area contributed by atoms with E-state index in [4.69, 9.17) is 4.74 Å². The lowest BCUT2D eigenvalue weighted by molar-refractivity contribution is -0.137. The van der Waals surface area contributed by atoms with Gasteiger partial charge in [0.2, 0.25) is 0 Å². The first-order valence-electron chi connectivity index (χ1n) is 7.53. The highest BCUT2D eigenvalue weighted by molar-refractivity contribution is 6.08. The van der Waals surface area contributed by atoms with Gasteiger partial charge in [0.25, 0.3) is 0 Å². The second-order valence-corrected chi connectivity index (χ2v) is 5.64. The van der Waals surface area contributed by atoms with Gasteiger partial charge in [-0.3, -0.25) is 0 Å². The summed E-state index contributed by atoms with van der Waals surface area (Å²) in [6.45, 7) is 0. The summed E-state index contributed by atoms with van der Waals surface area (Å²) in [5.74, 6) is -1.23. The van der Waals surface area contributed by atoms with E-state index >= 15 is 0 Å². The van der Waals surface area contributed by atoms with Crippen LogP contribution in [0.4, 0.5) is 28.9 Å². The number of rotatable bonds is 3. The van der Waals surface area contributed by atoms with E-state index in [1.807, 2.05) is 0 Å². The van der Waals surface area contributed by atoms with Crippen molar-refractivity contribution in [1.29, 1.82) is 0 Å². The molecule has 0 atom stereocenters. The van der Waals surface area contributed by atoms with Crippen LogP contribution in [0.25, 0.3) is 10.9 Å². The predicted octanol–water partition coefficient (Wildman–Crippen LogP) is 4.87. The van der Waals surface area contributed by atoms with Crippen molar-refractivity contribution < 1.29 is 27.1 Å². The quantitative estimate of drug-likeness (QED) is 0.531. The molecule has 2 aromatic carbocycles. The molecule has 0 aliphatic heterocycles. The van der Waals surface area contributed by atoms with Crippen molar-refractivity contribution in [3.8, 4) is 0 Å². The van der Waals surface area contributed by atoms with E-state index in [9.17, 15) is 22.4 Å². The van der Waals surface area contributed by atoms with Crippen molar-refractivity contribution in [1.82, 2.24) is 4.57 Å². The van der Waals surface area contributed by atoms with Crippen molar-refractivity contribution in [2.45, 2.75) is 6.18 Å². The number of fused-ring (bicyclic) bond motifs is 1. The van der Waals surface area contributed by atoms with Gasteiger partial charge in [0.05, 0.1) is 23.9 Å². The number of hydrogen-bond acceptors (Lipinski definition) is 3. The van der Waals surface area contributed by atoms with E-state index in [0.717, 1.165) is 12.1 Å². The van der Waals surface area contributed by atoms with Crippen LogP contribution in [0.2, 0.25) is 0 Å². The van der Waals surface area contributed by atoms with Crippen molar-refractivity contribution in [3.63, 3.8) is 0 Å². The van der Waals surface area contributed by atoms with Gasteiger partial charge in [-0.15, -0.1) is 0 Å². The topological polar surface area (TPSA) is 43.3 Å². The molecule has 1 N–H and O–H groups in total. The van der Waals surface area contributed by atoms with Crippen molar-refractivity contribution in [2.75, 3.05) is 12.4 Å². The first-order chi connectivity index (χ1) is 12.2. The van der Waals surface area contributed by atoms with E-state index in [0.29, 0.717) is 10.9 Å². The maximum atomic E-state index is 13.7. The largest absolute Gasteiger partial charge is 0.464 e. The number of halogens is 4. The van der Waals surface area contributed by atoms with E-state index in [2.05, 4.69) is 5.32 Å². The number of hydrogen-bond donors (Lipinski definition) is 1. The molecule has 26 heavy (non-hydrogen) atoms. The molecule has 1 aromatic heterocycles. The van der Waals surface area contributed by atoms with Crippen molar-refractivity contribution in [2.24, 2.45) is 7.05 Å². The Hall–Kier alpha value is -3.03. The maximum Gasteiger partial charge on any atom is 0.416 e. The molecule has 0 radical (unpaired) electrons. The van der Waals surface area contributed by atoms with Crippen LogP contribution in [0.1, 0.15) is 16.1 Å². The number of esters is 1. The Balaban J connectivity index is 2.18. The molecule has 0 saturated carbocycles. The summed E-state index contributed by atoms with van der Waals surface area (Å²) >= 11 is 0. The first-order valence-corrected chi connectivity index (χ1v) is 7.53. The molecule has 4 nitrogen and oxygen atoms in total. The maximum absolute atomic E-state index is 13.7. The minimum Gasteiger partial charge on any atom is -0.464 e. The Kier molecular flexibility index (Phi) is 4.35. The first kappa shape index (κ1) is 17.8. The zero-order valence-electron chi connectivity index (χ0n) is 13.8. The average molecular weight is 366 g/mol. The molecule has 0 spiro atoms. The minimum absolute atomic E-state index is 0.0745. The van der Waals surface area contributed by atoms with Crippen LogP contribution in [-0.4, -0.2) is 17.6 Å². The SMILES string of the molecule is COC(=O)c1c(Nc2cccc(C(F)(F)F)c2)c2cc(F)ccc2n1C. The Morgan fingerprint density at radius 2 is 1.88 bits per heavy atom. The Morgan fingerprint density at radius 3 is 2.54 bits per heavy atom. The Morgan fingerprint density at radius 1 is 1.15 bits per heavy atom. The lowest BCUT2D eigenvalue weighted by Gasteiger charge is -2.12. The second-order valence-electron chi connectivity index (χ2n) is 5.64. The third-order valence-corrected chi connectivity index (χ3v) is 4.00. The zero-order chi connectivity index (χ0) is 19.1. The van der Waals surface area contributed by atoms with Gasteiger partial charge >= 0.3 is 12.1 Å². The van der Waals surface area contributed by atoms with Crippen LogP contribution >= 0.6 is 0 Å². The molecule has 0 aliphatic carbocycles. The summed E-state index contributed by atoms with van der Waals surface area (Å²) in [7, 11) is 2.78. The zero-order valence-corrected chi connectivity index (χ0v) is 13.8. The van der Waals surface area contributed by atoms with Gasteiger partial charge < -0.3 is 14.6 Å². The number of carbonyl (C=O) groups excluding carboxylic acids is 1. The van der Waals surface area contributed by atoms with Gasteiger partial charge in [-0.1, -0.05) is 6.07 Å². The van der Waals surface area contributed by atoms with Crippen LogP contribution in [0.15, 0.2) is 42.5 Å². The number of alkyl halides is 3. The normalized spacial score (nSPS) is 11.6. The molecule has 0 amide bonds. The summed E-state index contributed by atoms with van der Waals surface area (Å²) in [6, 6.07) is 8.45. The number of anilines is 2. The fourth-order valence-electron chi connectivity index (χ4n) is 2.80. The van der Waals surface area contributed by atoms with Gasteiger partial charge in [-0.2, -0.15) is 13.2 Å². The molecule has 136 valence electrons. The molecule has 0 saturated heterocycles. The van der Waals surface area contributed by atoms with Gasteiger partial charge in [0.1, 0.15) is 5.82 Å². The summed E-state index contributed by atoms with van der Waals surface area (Å²) in [5, 5.41) is 3.16. The number of methoxy groups -OCH3 is 1. The lowest BCUT2D eigenvalue weighted by Crippen LogP contribution is -2.10. The highest BCUT2D eigenvalue weighted by Crippen LogP contribution is 2.36. The van der Waals surface area contributed by atoms with Crippen LogP contribution in [-0.2, 0) is 18.0 Å². The fraction of sp³-hybridized carbons (Fsp3) is 0.167. The minimum atomic E-state index is -4.51. The predicted molar refractivity (Wildman–Crippen MR) is 88.9 cm³/mol. The molecule has 8 heteroatoms. The van der Waals surface area contributed by atoms with E-state index in [-0.39, 0.29) is 17.1 Å². The third-order valence-electron chi connectivity index (χ3n) is 4.00. The molecule has 0 unspecified atom stereocenters. The standard InChI is InChI=1S/C18H14F4N2O2/c1-24-14-7-6-11(19)9-13(14)15(16(24)17(25)26-2)23-12-5-3-4-10(8-12)18(20,21)22/h3-9,23H,1-2H3. The number of nitrogens with zero attached hydrogens (tertiary/aromatic N) is 1. The van der Waals surface area contributed by atoms with Crippen molar-refractivity contribution >= 4 is 28.2 Å². The molecule has 0 fully saturated rings. The molecule has 0 bridgehead atoms. The van der Waals surface area contributed by atoms with E-state index < -0.39 is 23.5 Å². The van der Waals surface area contributed by atoms with Crippen LogP contribution in [0.3, 0.4) is 0 Å². The molecule has 3 rings (SSSR count). The number of benzene rings is 2. The molecule has 3 aromatic rings. The highest BCUT2D eigenvalue weighted by Gasteiger charge is 2.30. The van der Waals surface area contributed by atoms with Crippen LogP contribution < -0.4 is 5.32 Å². The van der Waals surface area contributed by atoms with Gasteiger partial charge in [0, 0.05) is 18.1 Å². The second kappa shape index (κ2) is 6.36. The van der Waals surface area contributed by atoms with Crippen LogP contribution in [0, 0.1) is 5.82 Å². The van der Waals surface area contributed by atoms with Crippen LogP contribution in [0.5, 0.6) is 0 Å². The van der Waals surface area contributed by atoms with Crippen molar-refractivity contribution in [3.05, 3.63) is 59.5 Å². The number of aryl methyl sites for hydroxylation is 1. The van der Waals surface area contributed by atoms with Gasteiger partial charge in [0.15, 0.2) is 5.69 Å². The summed E-state index contributed by atoms with van der Waals surface area (Å²) < 4.78 is 58.7. The molecule has 1 heterocycles. The number of ether oxygens (including phenoxy) is 1. The monoisotopic (exact) mass is 366 g/mol. The summed E-state index contributed by atoms with van der Waals surface area (Å²) in [6.07, 6.45) is -4.51. The Bertz CT molecular complexity index is 993. The molecule has 0 aliphatic rings. The molecular formula is C18H14F4N2O2. The fourth-order valence-corrected chi connectivity index (χ4v) is 2.80. The Labute approximate surface area is 146 Å².